The molecule has 0 bridgehead atoms. The topological polar surface area (TPSA) is 78.9 Å². The molecule has 0 N–H and O–H groups in total. The van der Waals surface area contributed by atoms with E-state index >= 15 is 0 Å². The molecule has 1 unspecified atom stereocenters. The number of esters is 3. The minimum Gasteiger partial charge on any atom is -0.462 e. The van der Waals surface area contributed by atoms with E-state index in [1.165, 1.54) is 225 Å². The van der Waals surface area contributed by atoms with E-state index < -0.39 is 6.10 Å². The van der Waals surface area contributed by atoms with Crippen molar-refractivity contribution in [2.24, 2.45) is 0 Å². The minimum absolute atomic E-state index is 0.0813. The minimum atomic E-state index is -0.788. The van der Waals surface area contributed by atoms with Crippen LogP contribution in [0.15, 0.2) is 72.9 Å². The summed E-state index contributed by atoms with van der Waals surface area (Å²) in [4.78, 5) is 38.4. The van der Waals surface area contributed by atoms with Crippen molar-refractivity contribution in [2.45, 2.75) is 380 Å². The van der Waals surface area contributed by atoms with Gasteiger partial charge in [-0.25, -0.2) is 0 Å². The first-order valence-corrected chi connectivity index (χ1v) is 35.9. The Hall–Kier alpha value is -3.15. The Morgan fingerprint density at radius 3 is 0.744 bits per heavy atom. The fourth-order valence-corrected chi connectivity index (χ4v) is 10.6. The maximum absolute atomic E-state index is 12.9. The van der Waals surface area contributed by atoms with E-state index in [0.717, 1.165) is 109 Å². The predicted molar refractivity (Wildman–Crippen MR) is 358 cm³/mol. The lowest BCUT2D eigenvalue weighted by atomic mass is 10.0. The molecule has 0 amide bonds. The van der Waals surface area contributed by atoms with Crippen molar-refractivity contribution in [1.29, 1.82) is 0 Å². The second-order valence-electron chi connectivity index (χ2n) is 24.1. The van der Waals surface area contributed by atoms with Gasteiger partial charge in [0, 0.05) is 19.3 Å². The Balaban J connectivity index is 4.27. The number of carbonyl (C=O) groups excluding carboxylic acids is 3. The lowest BCUT2D eigenvalue weighted by Crippen LogP contribution is -2.30. The van der Waals surface area contributed by atoms with Gasteiger partial charge in [-0.3, -0.25) is 14.4 Å². The number of allylic oxidation sites excluding steroid dienone is 12. The van der Waals surface area contributed by atoms with Crippen molar-refractivity contribution in [3.63, 3.8) is 0 Å². The second kappa shape index (κ2) is 70.3. The highest BCUT2D eigenvalue weighted by atomic mass is 16.6. The van der Waals surface area contributed by atoms with Crippen LogP contribution in [0.2, 0.25) is 0 Å². The molecule has 0 heterocycles. The number of unbranched alkanes of at least 4 members (excludes halogenated alkanes) is 43. The molecule has 0 spiro atoms. The standard InChI is InChI=1S/C76H136O6/c1-4-7-10-13-16-19-22-25-27-29-31-33-35-36-37-38-39-41-42-44-46-48-51-54-57-60-63-66-69-75(78)81-72-73(71-80-74(77)68-65-62-59-56-53-50-24-21-18-15-12-9-6-3)82-76(79)70-67-64-61-58-55-52-49-47-45-43-40-34-32-30-28-26-23-20-17-14-11-8-5-2/h8,11,17,20,26,28,32,34,43,45,49,52,73H,4-7,9-10,12-16,18-19,21-25,27,29-31,33,35-42,44,46-48,50-51,53-72H2,1-3H3/b11-8-,20-17-,28-26-,34-32-,45-43-,52-49-. The number of carbonyl (C=O) groups is 3. The summed E-state index contributed by atoms with van der Waals surface area (Å²) < 4.78 is 17.0. The van der Waals surface area contributed by atoms with Crippen LogP contribution in [-0.4, -0.2) is 37.2 Å². The molecular formula is C76H136O6. The second-order valence-corrected chi connectivity index (χ2v) is 24.1. The van der Waals surface area contributed by atoms with Crippen LogP contribution in [0.25, 0.3) is 0 Å². The summed E-state index contributed by atoms with van der Waals surface area (Å²) in [6.45, 7) is 6.57. The molecule has 1 atom stereocenters. The van der Waals surface area contributed by atoms with E-state index in [1.807, 2.05) is 0 Å². The van der Waals surface area contributed by atoms with E-state index in [4.69, 9.17) is 14.2 Å². The molecule has 0 aliphatic heterocycles. The SMILES string of the molecule is CC/C=C\C/C=C\C/C=C\C/C=C\C/C=C\C/C=C\CCCCCCC(=O)OC(COC(=O)CCCCCCCCCCCCCCC)COC(=O)CCCCCCCCCCCCCCCCCCCCCCCCCCCCCC. The van der Waals surface area contributed by atoms with Gasteiger partial charge in [0.15, 0.2) is 6.10 Å². The highest BCUT2D eigenvalue weighted by Crippen LogP contribution is 2.18. The summed E-state index contributed by atoms with van der Waals surface area (Å²) in [6, 6.07) is 0. The summed E-state index contributed by atoms with van der Waals surface area (Å²) in [6.07, 6.45) is 92.3. The first-order chi connectivity index (χ1) is 40.5. The van der Waals surface area contributed by atoms with Crippen LogP contribution in [0.3, 0.4) is 0 Å². The van der Waals surface area contributed by atoms with Gasteiger partial charge in [-0.05, 0) is 70.6 Å². The Kier molecular flexibility index (Phi) is 67.6. The molecule has 6 heteroatoms. The highest BCUT2D eigenvalue weighted by Gasteiger charge is 2.19. The average molecular weight is 1150 g/mol. The van der Waals surface area contributed by atoms with Crippen molar-refractivity contribution in [3.8, 4) is 0 Å². The highest BCUT2D eigenvalue weighted by molar-refractivity contribution is 5.71. The molecule has 82 heavy (non-hydrogen) atoms. The maximum Gasteiger partial charge on any atom is 0.306 e. The molecule has 0 aromatic rings. The molecule has 0 rings (SSSR count). The monoisotopic (exact) mass is 1150 g/mol. The molecule has 0 aromatic heterocycles. The van der Waals surface area contributed by atoms with E-state index in [9.17, 15) is 14.4 Å². The zero-order valence-corrected chi connectivity index (χ0v) is 54.8. The zero-order valence-electron chi connectivity index (χ0n) is 54.8. The molecule has 6 nitrogen and oxygen atoms in total. The third-order valence-corrected chi connectivity index (χ3v) is 16.0. The summed E-state index contributed by atoms with van der Waals surface area (Å²) in [5.41, 5.74) is 0. The van der Waals surface area contributed by atoms with Crippen LogP contribution in [0.5, 0.6) is 0 Å². The molecule has 0 radical (unpaired) electrons. The van der Waals surface area contributed by atoms with Crippen LogP contribution in [0.4, 0.5) is 0 Å². The van der Waals surface area contributed by atoms with Crippen molar-refractivity contribution >= 4 is 17.9 Å². The lowest BCUT2D eigenvalue weighted by Gasteiger charge is -2.18. The number of ether oxygens (including phenoxy) is 3. The van der Waals surface area contributed by atoms with Gasteiger partial charge in [-0.2, -0.15) is 0 Å². The van der Waals surface area contributed by atoms with Crippen LogP contribution < -0.4 is 0 Å². The number of hydrogen-bond acceptors (Lipinski definition) is 6. The first-order valence-electron chi connectivity index (χ1n) is 35.9. The third-order valence-electron chi connectivity index (χ3n) is 16.0. The van der Waals surface area contributed by atoms with Gasteiger partial charge in [-0.15, -0.1) is 0 Å². The lowest BCUT2D eigenvalue weighted by molar-refractivity contribution is -0.167. The van der Waals surface area contributed by atoms with Crippen molar-refractivity contribution in [2.75, 3.05) is 13.2 Å². The molecule has 476 valence electrons. The summed E-state index contributed by atoms with van der Waals surface area (Å²) in [5.74, 6) is -0.884. The molecule has 0 saturated heterocycles. The van der Waals surface area contributed by atoms with Gasteiger partial charge in [-0.1, -0.05) is 357 Å². The molecule has 0 saturated carbocycles. The van der Waals surface area contributed by atoms with Gasteiger partial charge < -0.3 is 14.2 Å². The van der Waals surface area contributed by atoms with E-state index in [-0.39, 0.29) is 31.1 Å². The summed E-state index contributed by atoms with van der Waals surface area (Å²) in [5, 5.41) is 0. The zero-order chi connectivity index (χ0) is 59.2. The number of hydrogen-bond donors (Lipinski definition) is 0. The van der Waals surface area contributed by atoms with Gasteiger partial charge in [0.1, 0.15) is 13.2 Å². The average Bonchev–Trinajstić information content (AvgIpc) is 3.47. The Morgan fingerprint density at radius 1 is 0.256 bits per heavy atom. The normalized spacial score (nSPS) is 12.5. The van der Waals surface area contributed by atoms with Crippen molar-refractivity contribution in [3.05, 3.63) is 72.9 Å². The fourth-order valence-electron chi connectivity index (χ4n) is 10.6. The Bertz CT molecular complexity index is 1500. The van der Waals surface area contributed by atoms with E-state index in [0.29, 0.717) is 19.3 Å². The molecule has 0 aromatic carbocycles. The smallest absolute Gasteiger partial charge is 0.306 e. The maximum atomic E-state index is 12.9. The van der Waals surface area contributed by atoms with Gasteiger partial charge >= 0.3 is 17.9 Å². The van der Waals surface area contributed by atoms with Crippen LogP contribution in [0.1, 0.15) is 374 Å². The van der Waals surface area contributed by atoms with Crippen LogP contribution >= 0.6 is 0 Å². The number of rotatable bonds is 66. The molecule has 0 aliphatic rings. The first kappa shape index (κ1) is 78.8. The summed E-state index contributed by atoms with van der Waals surface area (Å²) >= 11 is 0. The van der Waals surface area contributed by atoms with Crippen molar-refractivity contribution < 1.29 is 28.6 Å². The van der Waals surface area contributed by atoms with Crippen LogP contribution in [-0.2, 0) is 28.6 Å². The Morgan fingerprint density at radius 2 is 0.476 bits per heavy atom. The Labute approximate surface area is 510 Å². The summed E-state index contributed by atoms with van der Waals surface area (Å²) in [7, 11) is 0. The van der Waals surface area contributed by atoms with Gasteiger partial charge in [0.25, 0.3) is 0 Å². The molecular weight excluding hydrogens is 1010 g/mol. The van der Waals surface area contributed by atoms with E-state index in [2.05, 4.69) is 93.7 Å². The van der Waals surface area contributed by atoms with Gasteiger partial charge in [0.05, 0.1) is 0 Å². The molecule has 0 aliphatic carbocycles. The predicted octanol–water partition coefficient (Wildman–Crippen LogP) is 24.8. The van der Waals surface area contributed by atoms with Gasteiger partial charge in [0.2, 0.25) is 0 Å². The largest absolute Gasteiger partial charge is 0.462 e. The molecule has 0 fully saturated rings. The van der Waals surface area contributed by atoms with Crippen molar-refractivity contribution in [1.82, 2.24) is 0 Å². The fraction of sp³-hybridized carbons (Fsp3) is 0.803. The van der Waals surface area contributed by atoms with Crippen LogP contribution in [0, 0.1) is 0 Å². The third kappa shape index (κ3) is 67.6. The van der Waals surface area contributed by atoms with E-state index in [1.54, 1.807) is 0 Å². The quantitative estimate of drug-likeness (QED) is 0.0261.